The molecule has 1 atom stereocenters. The molecule has 0 spiro atoms. The summed E-state index contributed by atoms with van der Waals surface area (Å²) in [6, 6.07) is 6.52. The minimum Gasteiger partial charge on any atom is -0.375 e. The third-order valence-electron chi connectivity index (χ3n) is 3.29. The van der Waals surface area contributed by atoms with Crippen LogP contribution in [0.4, 0.5) is 5.69 Å². The number of morpholine rings is 1. The van der Waals surface area contributed by atoms with Gasteiger partial charge in [-0.05, 0) is 24.6 Å². The molecule has 0 saturated carbocycles. The Morgan fingerprint density at radius 1 is 1.48 bits per heavy atom. The quantitative estimate of drug-likeness (QED) is 0.909. The maximum Gasteiger partial charge on any atom is 0.254 e. The zero-order chi connectivity index (χ0) is 15.5. The van der Waals surface area contributed by atoms with Crippen LogP contribution in [0.1, 0.15) is 23.7 Å². The molecule has 1 amide bonds. The van der Waals surface area contributed by atoms with Gasteiger partial charge in [0.05, 0.1) is 19.0 Å². The van der Waals surface area contributed by atoms with Gasteiger partial charge in [-0.1, -0.05) is 13.0 Å². The number of hydrogen-bond acceptors (Lipinski definition) is 4. The molecule has 7 heteroatoms. The molecule has 1 aliphatic heterocycles. The van der Waals surface area contributed by atoms with Crippen LogP contribution < -0.4 is 4.72 Å². The summed E-state index contributed by atoms with van der Waals surface area (Å²) in [6.07, 6.45) is 2.01. The molecule has 0 bridgehead atoms. The molecule has 0 aromatic heterocycles. The largest absolute Gasteiger partial charge is 0.375 e. The topological polar surface area (TPSA) is 75.7 Å². The summed E-state index contributed by atoms with van der Waals surface area (Å²) < 4.78 is 30.4. The Kier molecular flexibility index (Phi) is 4.84. The fourth-order valence-electron chi connectivity index (χ4n) is 2.26. The van der Waals surface area contributed by atoms with Crippen LogP contribution in [0.25, 0.3) is 0 Å². The lowest BCUT2D eigenvalue weighted by molar-refractivity contribution is -0.0226. The number of nitrogens with one attached hydrogen (secondary N) is 1. The third kappa shape index (κ3) is 4.44. The lowest BCUT2D eigenvalue weighted by Crippen LogP contribution is -2.45. The highest BCUT2D eigenvalue weighted by Gasteiger charge is 2.24. The lowest BCUT2D eigenvalue weighted by Gasteiger charge is -2.32. The van der Waals surface area contributed by atoms with Gasteiger partial charge in [-0.25, -0.2) is 8.42 Å². The Balaban J connectivity index is 2.14. The first-order valence-corrected chi connectivity index (χ1v) is 8.77. The number of carbonyl (C=O) groups is 1. The average Bonchev–Trinajstić information content (AvgIpc) is 2.45. The van der Waals surface area contributed by atoms with Gasteiger partial charge in [0.2, 0.25) is 10.0 Å². The molecular formula is C14H20N2O4S. The van der Waals surface area contributed by atoms with E-state index < -0.39 is 10.0 Å². The molecule has 21 heavy (non-hydrogen) atoms. The van der Waals surface area contributed by atoms with Gasteiger partial charge in [0.25, 0.3) is 5.91 Å². The van der Waals surface area contributed by atoms with Crippen molar-refractivity contribution in [3.63, 3.8) is 0 Å². The smallest absolute Gasteiger partial charge is 0.254 e. The zero-order valence-corrected chi connectivity index (χ0v) is 13.0. The number of amides is 1. The second-order valence-corrected chi connectivity index (χ2v) is 6.86. The standard InChI is InChI=1S/C14H20N2O4S/c1-3-13-10-16(7-8-20-13)14(17)11-5-4-6-12(9-11)15-21(2,18)19/h4-6,9,13,15H,3,7-8,10H2,1-2H3. The highest BCUT2D eigenvalue weighted by Crippen LogP contribution is 2.16. The Morgan fingerprint density at radius 3 is 2.90 bits per heavy atom. The van der Waals surface area contributed by atoms with E-state index in [0.29, 0.717) is 30.9 Å². The third-order valence-corrected chi connectivity index (χ3v) is 3.90. The summed E-state index contributed by atoms with van der Waals surface area (Å²) in [5, 5.41) is 0. The predicted octanol–water partition coefficient (Wildman–Crippen LogP) is 1.31. The van der Waals surface area contributed by atoms with Crippen LogP contribution in [-0.2, 0) is 14.8 Å². The Hall–Kier alpha value is -1.60. The van der Waals surface area contributed by atoms with Gasteiger partial charge >= 0.3 is 0 Å². The Morgan fingerprint density at radius 2 is 2.24 bits per heavy atom. The number of nitrogens with zero attached hydrogens (tertiary/aromatic N) is 1. The fourth-order valence-corrected chi connectivity index (χ4v) is 2.82. The highest BCUT2D eigenvalue weighted by atomic mass is 32.2. The number of ether oxygens (including phenoxy) is 1. The molecule has 2 rings (SSSR count). The van der Waals surface area contributed by atoms with Crippen molar-refractivity contribution in [2.75, 3.05) is 30.7 Å². The van der Waals surface area contributed by atoms with Crippen molar-refractivity contribution in [1.29, 1.82) is 0 Å². The fraction of sp³-hybridized carbons (Fsp3) is 0.500. The summed E-state index contributed by atoms with van der Waals surface area (Å²) in [4.78, 5) is 14.2. The molecule has 1 unspecified atom stereocenters. The molecule has 1 aliphatic rings. The van der Waals surface area contributed by atoms with Gasteiger partial charge < -0.3 is 9.64 Å². The number of hydrogen-bond donors (Lipinski definition) is 1. The molecule has 1 aromatic carbocycles. The first-order chi connectivity index (χ1) is 9.89. The minimum atomic E-state index is -3.35. The first kappa shape index (κ1) is 15.8. The molecule has 0 aliphatic carbocycles. The van der Waals surface area contributed by atoms with Crippen molar-refractivity contribution in [2.24, 2.45) is 0 Å². The molecule has 1 fully saturated rings. The van der Waals surface area contributed by atoms with E-state index in [1.807, 2.05) is 6.92 Å². The molecule has 116 valence electrons. The monoisotopic (exact) mass is 312 g/mol. The summed E-state index contributed by atoms with van der Waals surface area (Å²) in [5.41, 5.74) is 0.865. The summed E-state index contributed by atoms with van der Waals surface area (Å²) in [7, 11) is -3.35. The van der Waals surface area contributed by atoms with Crippen LogP contribution in [0.3, 0.4) is 0 Å². The number of benzene rings is 1. The number of sulfonamides is 1. The SMILES string of the molecule is CCC1CN(C(=O)c2cccc(NS(C)(=O)=O)c2)CCO1. The van der Waals surface area contributed by atoms with E-state index in [1.165, 1.54) is 0 Å². The Labute approximate surface area is 125 Å². The number of anilines is 1. The van der Waals surface area contributed by atoms with Crippen molar-refractivity contribution < 1.29 is 17.9 Å². The van der Waals surface area contributed by atoms with E-state index in [4.69, 9.17) is 4.74 Å². The van der Waals surface area contributed by atoms with Crippen molar-refractivity contribution in [3.05, 3.63) is 29.8 Å². The van der Waals surface area contributed by atoms with Crippen LogP contribution >= 0.6 is 0 Å². The summed E-state index contributed by atoms with van der Waals surface area (Å²) >= 11 is 0. The van der Waals surface area contributed by atoms with Crippen LogP contribution in [-0.4, -0.2) is 51.3 Å². The second-order valence-electron chi connectivity index (χ2n) is 5.11. The number of rotatable bonds is 4. The highest BCUT2D eigenvalue weighted by molar-refractivity contribution is 7.92. The number of carbonyl (C=O) groups excluding carboxylic acids is 1. The van der Waals surface area contributed by atoms with E-state index in [-0.39, 0.29) is 12.0 Å². The molecule has 1 heterocycles. The maximum absolute atomic E-state index is 12.5. The summed E-state index contributed by atoms with van der Waals surface area (Å²) in [6.45, 7) is 3.68. The summed E-state index contributed by atoms with van der Waals surface area (Å²) in [5.74, 6) is -0.103. The van der Waals surface area contributed by atoms with Crippen LogP contribution in [0.5, 0.6) is 0 Å². The van der Waals surface area contributed by atoms with Gasteiger partial charge in [0, 0.05) is 24.3 Å². The predicted molar refractivity (Wildman–Crippen MR) is 80.8 cm³/mol. The van der Waals surface area contributed by atoms with Crippen molar-refractivity contribution in [3.8, 4) is 0 Å². The van der Waals surface area contributed by atoms with Crippen LogP contribution in [0, 0.1) is 0 Å². The van der Waals surface area contributed by atoms with Crippen LogP contribution in [0.2, 0.25) is 0 Å². The van der Waals surface area contributed by atoms with E-state index in [0.717, 1.165) is 12.7 Å². The van der Waals surface area contributed by atoms with E-state index in [1.54, 1.807) is 29.2 Å². The van der Waals surface area contributed by atoms with Gasteiger partial charge in [0.15, 0.2) is 0 Å². The molecular weight excluding hydrogens is 292 g/mol. The Bertz CT molecular complexity index is 615. The molecule has 0 radical (unpaired) electrons. The maximum atomic E-state index is 12.5. The van der Waals surface area contributed by atoms with E-state index in [9.17, 15) is 13.2 Å². The van der Waals surface area contributed by atoms with Gasteiger partial charge in [-0.15, -0.1) is 0 Å². The van der Waals surface area contributed by atoms with Crippen molar-refractivity contribution >= 4 is 21.6 Å². The first-order valence-electron chi connectivity index (χ1n) is 6.88. The molecule has 1 saturated heterocycles. The molecule has 1 N–H and O–H groups in total. The minimum absolute atomic E-state index is 0.0695. The van der Waals surface area contributed by atoms with Gasteiger partial charge in [-0.3, -0.25) is 9.52 Å². The zero-order valence-electron chi connectivity index (χ0n) is 12.2. The van der Waals surface area contributed by atoms with E-state index >= 15 is 0 Å². The van der Waals surface area contributed by atoms with Gasteiger partial charge in [0.1, 0.15) is 0 Å². The molecule has 1 aromatic rings. The van der Waals surface area contributed by atoms with Crippen molar-refractivity contribution in [1.82, 2.24) is 4.90 Å². The average molecular weight is 312 g/mol. The normalized spacial score (nSPS) is 19.3. The van der Waals surface area contributed by atoms with E-state index in [2.05, 4.69) is 4.72 Å². The van der Waals surface area contributed by atoms with Gasteiger partial charge in [-0.2, -0.15) is 0 Å². The second kappa shape index (κ2) is 6.44. The molecule has 6 nitrogen and oxygen atoms in total. The van der Waals surface area contributed by atoms with Crippen LogP contribution in [0.15, 0.2) is 24.3 Å². The van der Waals surface area contributed by atoms with Crippen molar-refractivity contribution in [2.45, 2.75) is 19.4 Å². The lowest BCUT2D eigenvalue weighted by atomic mass is 10.1.